The average Bonchev–Trinajstić information content (AvgIpc) is 3.10. The number of nitrogens with one attached hydrogen (secondary N) is 1. The van der Waals surface area contributed by atoms with Crippen molar-refractivity contribution >= 4 is 5.69 Å². The molecule has 19 heavy (non-hydrogen) atoms. The van der Waals surface area contributed by atoms with Gasteiger partial charge in [-0.3, -0.25) is 0 Å². The van der Waals surface area contributed by atoms with Crippen molar-refractivity contribution in [1.82, 2.24) is 5.32 Å². The highest BCUT2D eigenvalue weighted by atomic mass is 19.3. The van der Waals surface area contributed by atoms with Crippen molar-refractivity contribution in [2.24, 2.45) is 0 Å². The molecule has 106 valence electrons. The number of hydrogen-bond acceptors (Lipinski definition) is 2. The zero-order chi connectivity index (χ0) is 14.1. The summed E-state index contributed by atoms with van der Waals surface area (Å²) in [6, 6.07) is 7.22. The summed E-state index contributed by atoms with van der Waals surface area (Å²) in [5, 5.41) is 2.46. The third-order valence-corrected chi connectivity index (χ3v) is 3.52. The lowest BCUT2D eigenvalue weighted by Gasteiger charge is -2.20. The molecule has 0 heterocycles. The minimum Gasteiger partial charge on any atom is -0.399 e. The van der Waals surface area contributed by atoms with Gasteiger partial charge in [0.15, 0.2) is 0 Å². The third-order valence-electron chi connectivity index (χ3n) is 3.52. The lowest BCUT2D eigenvalue weighted by Crippen LogP contribution is -2.41. The van der Waals surface area contributed by atoms with E-state index < -0.39 is 18.9 Å². The van der Waals surface area contributed by atoms with Crippen LogP contribution in [0.25, 0.3) is 0 Å². The normalized spacial score (nSPS) is 17.7. The number of nitrogen functional groups attached to an aromatic ring is 1. The monoisotopic (exact) mass is 276 g/mol. The molecule has 0 saturated heterocycles. The number of nitrogens with two attached hydrogens (primary N) is 1. The number of alkyl halides is 4. The van der Waals surface area contributed by atoms with Crippen LogP contribution in [0.5, 0.6) is 0 Å². The van der Waals surface area contributed by atoms with Gasteiger partial charge in [-0.15, -0.1) is 0 Å². The Morgan fingerprint density at radius 2 is 1.79 bits per heavy atom. The SMILES string of the molecule is Nc1ccc(C2(CNCC(F)(F)C(F)F)CC2)cc1. The Balaban J connectivity index is 1.91. The zero-order valence-electron chi connectivity index (χ0n) is 10.3. The molecule has 0 atom stereocenters. The molecule has 2 rings (SSSR count). The number of halogens is 4. The van der Waals surface area contributed by atoms with Crippen molar-refractivity contribution in [3.05, 3.63) is 29.8 Å². The second kappa shape index (κ2) is 5.00. The topological polar surface area (TPSA) is 38.0 Å². The van der Waals surface area contributed by atoms with Crippen LogP contribution in [0, 0.1) is 0 Å². The predicted molar refractivity (Wildman–Crippen MR) is 65.6 cm³/mol. The van der Waals surface area contributed by atoms with Crippen LogP contribution in [0.2, 0.25) is 0 Å². The number of rotatable bonds is 6. The van der Waals surface area contributed by atoms with Crippen LogP contribution in [0.4, 0.5) is 23.2 Å². The molecular weight excluding hydrogens is 260 g/mol. The second-order valence-electron chi connectivity index (χ2n) is 5.07. The maximum atomic E-state index is 12.8. The molecule has 0 radical (unpaired) electrons. The molecule has 0 bridgehead atoms. The molecule has 0 aromatic heterocycles. The Morgan fingerprint density at radius 1 is 1.21 bits per heavy atom. The van der Waals surface area contributed by atoms with Gasteiger partial charge in [0.1, 0.15) is 0 Å². The van der Waals surface area contributed by atoms with Crippen molar-refractivity contribution in [1.29, 1.82) is 0 Å². The van der Waals surface area contributed by atoms with E-state index in [1.54, 1.807) is 12.1 Å². The highest BCUT2D eigenvalue weighted by molar-refractivity contribution is 5.43. The highest BCUT2D eigenvalue weighted by Crippen LogP contribution is 2.47. The Morgan fingerprint density at radius 3 is 2.26 bits per heavy atom. The minimum atomic E-state index is -3.98. The summed E-state index contributed by atoms with van der Waals surface area (Å²) in [5.74, 6) is -3.98. The van der Waals surface area contributed by atoms with Crippen LogP contribution < -0.4 is 11.1 Å². The van der Waals surface area contributed by atoms with Gasteiger partial charge in [0.25, 0.3) is 0 Å². The molecule has 1 aliphatic carbocycles. The van der Waals surface area contributed by atoms with Gasteiger partial charge in [-0.1, -0.05) is 12.1 Å². The number of benzene rings is 1. The van der Waals surface area contributed by atoms with Crippen molar-refractivity contribution < 1.29 is 17.6 Å². The maximum Gasteiger partial charge on any atom is 0.319 e. The molecule has 6 heteroatoms. The summed E-state index contributed by atoms with van der Waals surface area (Å²) in [6.07, 6.45) is -1.90. The maximum absolute atomic E-state index is 12.8. The van der Waals surface area contributed by atoms with E-state index in [1.165, 1.54) is 0 Å². The van der Waals surface area contributed by atoms with Gasteiger partial charge in [0, 0.05) is 17.6 Å². The molecule has 3 N–H and O–H groups in total. The zero-order valence-corrected chi connectivity index (χ0v) is 10.3. The van der Waals surface area contributed by atoms with Gasteiger partial charge in [-0.05, 0) is 30.5 Å². The van der Waals surface area contributed by atoms with Gasteiger partial charge < -0.3 is 11.1 Å². The summed E-state index contributed by atoms with van der Waals surface area (Å²) in [5.41, 5.74) is 7.02. The summed E-state index contributed by atoms with van der Waals surface area (Å²) in [4.78, 5) is 0. The smallest absolute Gasteiger partial charge is 0.319 e. The number of anilines is 1. The Bertz CT molecular complexity index is 427. The Kier molecular flexibility index (Phi) is 3.71. The molecule has 1 fully saturated rings. The summed E-state index contributed by atoms with van der Waals surface area (Å²) >= 11 is 0. The first-order valence-corrected chi connectivity index (χ1v) is 6.08. The summed E-state index contributed by atoms with van der Waals surface area (Å²) in [6.45, 7) is -0.722. The van der Waals surface area contributed by atoms with Crippen LogP contribution in [0.15, 0.2) is 24.3 Å². The van der Waals surface area contributed by atoms with Gasteiger partial charge in [0.2, 0.25) is 0 Å². The molecule has 2 nitrogen and oxygen atoms in total. The minimum absolute atomic E-state index is 0.202. The predicted octanol–water partition coefficient (Wildman–Crippen LogP) is 2.79. The lowest BCUT2D eigenvalue weighted by atomic mass is 9.95. The average molecular weight is 276 g/mol. The lowest BCUT2D eigenvalue weighted by molar-refractivity contribution is -0.125. The van der Waals surface area contributed by atoms with Crippen molar-refractivity contribution in [2.75, 3.05) is 18.8 Å². The van der Waals surface area contributed by atoms with Crippen LogP contribution in [-0.4, -0.2) is 25.4 Å². The first-order valence-electron chi connectivity index (χ1n) is 6.08. The van der Waals surface area contributed by atoms with Gasteiger partial charge in [-0.2, -0.15) is 8.78 Å². The fourth-order valence-electron chi connectivity index (χ4n) is 2.10. The van der Waals surface area contributed by atoms with E-state index in [2.05, 4.69) is 5.32 Å². The second-order valence-corrected chi connectivity index (χ2v) is 5.07. The van der Waals surface area contributed by atoms with Crippen LogP contribution in [-0.2, 0) is 5.41 Å². The molecule has 1 saturated carbocycles. The first kappa shape index (κ1) is 14.1. The first-order chi connectivity index (χ1) is 8.86. The molecule has 1 aliphatic rings. The number of hydrogen-bond donors (Lipinski definition) is 2. The van der Waals surface area contributed by atoms with E-state index in [4.69, 9.17) is 5.73 Å². The fraction of sp³-hybridized carbons (Fsp3) is 0.538. The van der Waals surface area contributed by atoms with Gasteiger partial charge in [0.05, 0.1) is 6.54 Å². The van der Waals surface area contributed by atoms with E-state index >= 15 is 0 Å². The summed E-state index contributed by atoms with van der Waals surface area (Å²) in [7, 11) is 0. The molecule has 0 aliphatic heterocycles. The molecule has 0 spiro atoms. The third kappa shape index (κ3) is 3.18. The Hall–Kier alpha value is -1.30. The van der Waals surface area contributed by atoms with Gasteiger partial charge >= 0.3 is 12.3 Å². The fourth-order valence-corrected chi connectivity index (χ4v) is 2.10. The largest absolute Gasteiger partial charge is 0.399 e. The van der Waals surface area contributed by atoms with Crippen LogP contribution in [0.1, 0.15) is 18.4 Å². The van der Waals surface area contributed by atoms with E-state index in [0.717, 1.165) is 18.4 Å². The van der Waals surface area contributed by atoms with E-state index in [-0.39, 0.29) is 12.0 Å². The van der Waals surface area contributed by atoms with Crippen molar-refractivity contribution in [3.8, 4) is 0 Å². The van der Waals surface area contributed by atoms with Crippen LogP contribution >= 0.6 is 0 Å². The molecule has 1 aromatic carbocycles. The van der Waals surface area contributed by atoms with Crippen molar-refractivity contribution in [2.45, 2.75) is 30.6 Å². The van der Waals surface area contributed by atoms with E-state index in [9.17, 15) is 17.6 Å². The van der Waals surface area contributed by atoms with E-state index in [1.807, 2.05) is 12.1 Å². The highest BCUT2D eigenvalue weighted by Gasteiger charge is 2.45. The van der Waals surface area contributed by atoms with Gasteiger partial charge in [-0.25, -0.2) is 8.78 Å². The van der Waals surface area contributed by atoms with Crippen LogP contribution in [0.3, 0.4) is 0 Å². The molecule has 0 unspecified atom stereocenters. The molecule has 0 amide bonds. The van der Waals surface area contributed by atoms with E-state index in [0.29, 0.717) is 5.69 Å². The summed E-state index contributed by atoms with van der Waals surface area (Å²) < 4.78 is 49.6. The van der Waals surface area contributed by atoms with Crippen molar-refractivity contribution in [3.63, 3.8) is 0 Å². The molecular formula is C13H16F4N2. The molecule has 1 aromatic rings. The quantitative estimate of drug-likeness (QED) is 0.619. The Labute approximate surface area is 109 Å². The standard InChI is InChI=1S/C13H16F4N2/c14-11(15)13(16,17)8-19-7-12(5-6-12)9-1-3-10(18)4-2-9/h1-4,11,19H,5-8,18H2.